The summed E-state index contributed by atoms with van der Waals surface area (Å²) >= 11 is 5.89. The van der Waals surface area contributed by atoms with Crippen molar-refractivity contribution in [3.8, 4) is 0 Å². The number of hydrogen-bond donors (Lipinski definition) is 1. The van der Waals surface area contributed by atoms with Crippen LogP contribution in [0.2, 0.25) is 5.02 Å². The molecule has 0 spiro atoms. The van der Waals surface area contributed by atoms with Gasteiger partial charge in [0.15, 0.2) is 11.5 Å². The Bertz CT molecular complexity index is 730. The van der Waals surface area contributed by atoms with E-state index in [0.717, 1.165) is 6.41 Å². The molecule has 0 aliphatic carbocycles. The first-order valence-electron chi connectivity index (χ1n) is 7.50. The molecule has 0 saturated carbocycles. The summed E-state index contributed by atoms with van der Waals surface area (Å²) in [5.41, 5.74) is 0.827. The van der Waals surface area contributed by atoms with E-state index in [1.165, 1.54) is 0 Å². The second kappa shape index (κ2) is 7.27. The summed E-state index contributed by atoms with van der Waals surface area (Å²) in [7, 11) is 0. The fourth-order valence-electron chi connectivity index (χ4n) is 2.43. The number of rotatable bonds is 4. The number of anilines is 2. The number of aromatic nitrogens is 2. The molecule has 1 aromatic carbocycles. The van der Waals surface area contributed by atoms with Crippen LogP contribution in [0.5, 0.6) is 0 Å². The van der Waals surface area contributed by atoms with Crippen LogP contribution in [0.1, 0.15) is 10.5 Å². The highest BCUT2D eigenvalue weighted by Gasteiger charge is 2.17. The number of piperazine rings is 1. The summed E-state index contributed by atoms with van der Waals surface area (Å²) in [6.45, 7) is 2.70. The van der Waals surface area contributed by atoms with Crippen molar-refractivity contribution in [2.24, 2.45) is 0 Å². The quantitative estimate of drug-likeness (QED) is 0.853. The molecule has 24 heavy (non-hydrogen) atoms. The molecule has 1 saturated heterocycles. The lowest BCUT2D eigenvalue weighted by Gasteiger charge is -2.32. The van der Waals surface area contributed by atoms with Crippen LogP contribution >= 0.6 is 11.6 Å². The van der Waals surface area contributed by atoms with Gasteiger partial charge in [-0.15, -0.1) is 10.2 Å². The maximum atomic E-state index is 12.2. The number of nitrogens with one attached hydrogen (secondary N) is 1. The lowest BCUT2D eigenvalue weighted by molar-refractivity contribution is -0.118. The summed E-state index contributed by atoms with van der Waals surface area (Å²) in [6.07, 6.45) is 0.853. The van der Waals surface area contributed by atoms with Crippen molar-refractivity contribution in [3.05, 3.63) is 47.1 Å². The third-order valence-electron chi connectivity index (χ3n) is 3.75. The van der Waals surface area contributed by atoms with Gasteiger partial charge in [0, 0.05) is 36.9 Å². The van der Waals surface area contributed by atoms with E-state index in [2.05, 4.69) is 15.5 Å². The number of carbonyl (C=O) groups is 2. The monoisotopic (exact) mass is 345 g/mol. The molecule has 0 unspecified atom stereocenters. The van der Waals surface area contributed by atoms with Gasteiger partial charge in [0.05, 0.1) is 0 Å². The number of benzene rings is 1. The summed E-state index contributed by atoms with van der Waals surface area (Å²) in [4.78, 5) is 26.7. The smallest absolute Gasteiger partial charge is 0.276 e. The minimum absolute atomic E-state index is 0.227. The van der Waals surface area contributed by atoms with Crippen LogP contribution in [0.15, 0.2) is 36.4 Å². The highest BCUT2D eigenvalue weighted by atomic mass is 35.5. The van der Waals surface area contributed by atoms with Gasteiger partial charge in [0.1, 0.15) is 0 Å². The Morgan fingerprint density at radius 1 is 1.12 bits per heavy atom. The third kappa shape index (κ3) is 3.80. The van der Waals surface area contributed by atoms with Crippen LogP contribution in [-0.2, 0) is 4.79 Å². The van der Waals surface area contributed by atoms with Crippen molar-refractivity contribution in [1.82, 2.24) is 15.1 Å². The Balaban J connectivity index is 1.64. The molecule has 1 aliphatic rings. The van der Waals surface area contributed by atoms with Crippen LogP contribution in [-0.4, -0.2) is 53.6 Å². The topological polar surface area (TPSA) is 78.4 Å². The number of nitrogens with zero attached hydrogens (tertiary/aromatic N) is 4. The maximum Gasteiger partial charge on any atom is 0.276 e. The second-order valence-electron chi connectivity index (χ2n) is 5.37. The van der Waals surface area contributed by atoms with Gasteiger partial charge in [-0.1, -0.05) is 17.7 Å². The first kappa shape index (κ1) is 16.2. The van der Waals surface area contributed by atoms with Crippen LogP contribution in [0.25, 0.3) is 0 Å². The lowest BCUT2D eigenvalue weighted by Crippen LogP contribution is -2.46. The van der Waals surface area contributed by atoms with Gasteiger partial charge in [-0.25, -0.2) is 0 Å². The van der Waals surface area contributed by atoms with E-state index in [0.29, 0.717) is 42.7 Å². The number of carbonyl (C=O) groups excluding carboxylic acids is 2. The van der Waals surface area contributed by atoms with Crippen LogP contribution < -0.4 is 10.2 Å². The van der Waals surface area contributed by atoms with Crippen molar-refractivity contribution in [2.45, 2.75) is 0 Å². The van der Waals surface area contributed by atoms with E-state index in [9.17, 15) is 9.59 Å². The van der Waals surface area contributed by atoms with Gasteiger partial charge in [0.25, 0.3) is 5.91 Å². The molecule has 0 atom stereocenters. The van der Waals surface area contributed by atoms with Crippen molar-refractivity contribution in [2.75, 3.05) is 36.4 Å². The first-order valence-corrected chi connectivity index (χ1v) is 7.88. The van der Waals surface area contributed by atoms with E-state index in [4.69, 9.17) is 11.6 Å². The van der Waals surface area contributed by atoms with Crippen molar-refractivity contribution in [3.63, 3.8) is 0 Å². The lowest BCUT2D eigenvalue weighted by atomic mass is 10.3. The Hall–Kier alpha value is -2.67. The van der Waals surface area contributed by atoms with Gasteiger partial charge in [-0.2, -0.15) is 0 Å². The Morgan fingerprint density at radius 2 is 1.92 bits per heavy atom. The zero-order valence-corrected chi connectivity index (χ0v) is 13.6. The predicted molar refractivity (Wildman–Crippen MR) is 91.3 cm³/mol. The van der Waals surface area contributed by atoms with Crippen LogP contribution in [0.4, 0.5) is 11.5 Å². The maximum absolute atomic E-state index is 12.2. The largest absolute Gasteiger partial charge is 0.352 e. The molecule has 0 radical (unpaired) electrons. The van der Waals surface area contributed by atoms with E-state index in [-0.39, 0.29) is 11.6 Å². The zero-order chi connectivity index (χ0) is 16.9. The van der Waals surface area contributed by atoms with Gasteiger partial charge in [0.2, 0.25) is 6.41 Å². The molecule has 0 bridgehead atoms. The van der Waals surface area contributed by atoms with Crippen molar-refractivity contribution in [1.29, 1.82) is 0 Å². The molecule has 7 nitrogen and oxygen atoms in total. The summed E-state index contributed by atoms with van der Waals surface area (Å²) in [5.74, 6) is 0.349. The standard InChI is InChI=1S/C16H16ClN5O2/c17-12-2-1-3-13(10-12)18-16(24)14-4-5-15(20-19-14)22-8-6-21(11-23)7-9-22/h1-5,10-11H,6-9H2,(H,18,24). The molecule has 2 aromatic rings. The van der Waals surface area contributed by atoms with Crippen molar-refractivity contribution < 1.29 is 9.59 Å². The summed E-state index contributed by atoms with van der Waals surface area (Å²) in [5, 5.41) is 11.4. The van der Waals surface area contributed by atoms with Crippen LogP contribution in [0, 0.1) is 0 Å². The van der Waals surface area contributed by atoms with E-state index < -0.39 is 0 Å². The Kier molecular flexibility index (Phi) is 4.90. The molecule has 3 rings (SSSR count). The van der Waals surface area contributed by atoms with Crippen LogP contribution in [0.3, 0.4) is 0 Å². The minimum atomic E-state index is -0.345. The van der Waals surface area contributed by atoms with E-state index in [1.807, 2.05) is 4.90 Å². The molecule has 1 aromatic heterocycles. The molecule has 2 heterocycles. The minimum Gasteiger partial charge on any atom is -0.352 e. The predicted octanol–water partition coefficient (Wildman–Crippen LogP) is 1.66. The molecule has 1 N–H and O–H groups in total. The Morgan fingerprint density at radius 3 is 2.54 bits per heavy atom. The molecule has 2 amide bonds. The average molecular weight is 346 g/mol. The van der Waals surface area contributed by atoms with Gasteiger partial charge >= 0.3 is 0 Å². The fraction of sp³-hybridized carbons (Fsp3) is 0.250. The number of amides is 2. The van der Waals surface area contributed by atoms with Crippen molar-refractivity contribution >= 4 is 35.4 Å². The second-order valence-corrected chi connectivity index (χ2v) is 5.81. The zero-order valence-electron chi connectivity index (χ0n) is 12.9. The summed E-state index contributed by atoms with van der Waals surface area (Å²) in [6, 6.07) is 10.3. The third-order valence-corrected chi connectivity index (χ3v) is 3.99. The molecular weight excluding hydrogens is 330 g/mol. The molecule has 1 aliphatic heterocycles. The molecule has 8 heteroatoms. The molecular formula is C16H16ClN5O2. The normalized spacial score (nSPS) is 14.4. The van der Waals surface area contributed by atoms with Gasteiger partial charge in [-0.05, 0) is 30.3 Å². The first-order chi connectivity index (χ1) is 11.7. The fourth-order valence-corrected chi connectivity index (χ4v) is 2.62. The SMILES string of the molecule is O=CN1CCN(c2ccc(C(=O)Nc3cccc(Cl)c3)nn2)CC1. The highest BCUT2D eigenvalue weighted by molar-refractivity contribution is 6.30. The molecule has 1 fully saturated rings. The summed E-state index contributed by atoms with van der Waals surface area (Å²) < 4.78 is 0. The molecule has 124 valence electrons. The van der Waals surface area contributed by atoms with E-state index in [1.54, 1.807) is 41.3 Å². The number of hydrogen-bond acceptors (Lipinski definition) is 5. The number of halogens is 1. The van der Waals surface area contributed by atoms with E-state index >= 15 is 0 Å². The Labute approximate surface area is 144 Å². The van der Waals surface area contributed by atoms with Gasteiger partial charge in [-0.3, -0.25) is 9.59 Å². The highest BCUT2D eigenvalue weighted by Crippen LogP contribution is 2.16. The average Bonchev–Trinajstić information content (AvgIpc) is 2.62. The van der Waals surface area contributed by atoms with Gasteiger partial charge < -0.3 is 15.1 Å².